The number of hydrogen-bond donors (Lipinski definition) is 3. The van der Waals surface area contributed by atoms with Crippen LogP contribution >= 0.6 is 0 Å². The summed E-state index contributed by atoms with van der Waals surface area (Å²) < 4.78 is 0. The van der Waals surface area contributed by atoms with E-state index in [-0.39, 0.29) is 40.4 Å². The number of nitrogens with one attached hydrogen (secondary N) is 3. The molecule has 0 spiro atoms. The highest BCUT2D eigenvalue weighted by Crippen LogP contribution is 2.37. The molecular formula is C23H35N3O4. The predicted molar refractivity (Wildman–Crippen MR) is 121 cm³/mol. The summed E-state index contributed by atoms with van der Waals surface area (Å²) >= 11 is 0. The quantitative estimate of drug-likeness (QED) is 0.610. The van der Waals surface area contributed by atoms with Gasteiger partial charge >= 0.3 is 0 Å². The molecule has 7 heteroatoms. The molecular weight excluding hydrogens is 382 g/mol. The van der Waals surface area contributed by atoms with Crippen LogP contribution < -0.4 is 16.0 Å². The fourth-order valence-corrected chi connectivity index (χ4v) is 2.17. The Morgan fingerprint density at radius 3 is 1.33 bits per heavy atom. The summed E-state index contributed by atoms with van der Waals surface area (Å²) in [6, 6.07) is 3.09. The fourth-order valence-electron chi connectivity index (χ4n) is 2.17. The van der Waals surface area contributed by atoms with Crippen LogP contribution in [0, 0.1) is 16.2 Å². The van der Waals surface area contributed by atoms with Crippen LogP contribution in [0.25, 0.3) is 0 Å². The van der Waals surface area contributed by atoms with Gasteiger partial charge in [-0.15, -0.1) is 0 Å². The van der Waals surface area contributed by atoms with Gasteiger partial charge in [-0.25, -0.2) is 0 Å². The van der Waals surface area contributed by atoms with Gasteiger partial charge in [-0.3, -0.25) is 19.2 Å². The van der Waals surface area contributed by atoms with Crippen LogP contribution in [0.1, 0.15) is 79.6 Å². The van der Waals surface area contributed by atoms with Crippen LogP contribution in [0.4, 0.5) is 17.1 Å². The smallest absolute Gasteiger partial charge is 0.229 e. The van der Waals surface area contributed by atoms with E-state index in [1.54, 1.807) is 68.4 Å². The van der Waals surface area contributed by atoms with Crippen molar-refractivity contribution in [1.82, 2.24) is 0 Å². The summed E-state index contributed by atoms with van der Waals surface area (Å²) in [6.45, 7) is 17.2. The van der Waals surface area contributed by atoms with E-state index in [4.69, 9.17) is 0 Å². The lowest BCUT2D eigenvalue weighted by Gasteiger charge is -2.26. The number of carbonyl (C=O) groups excluding carboxylic acids is 4. The Labute approximate surface area is 179 Å². The van der Waals surface area contributed by atoms with Crippen molar-refractivity contribution in [3.05, 3.63) is 17.7 Å². The van der Waals surface area contributed by atoms with E-state index in [2.05, 4.69) is 16.0 Å². The Kier molecular flexibility index (Phi) is 7.24. The van der Waals surface area contributed by atoms with E-state index in [1.165, 1.54) is 13.0 Å². The van der Waals surface area contributed by atoms with E-state index in [0.29, 0.717) is 5.69 Å². The van der Waals surface area contributed by atoms with E-state index in [9.17, 15) is 19.2 Å². The third-order valence-electron chi connectivity index (χ3n) is 4.35. The van der Waals surface area contributed by atoms with Gasteiger partial charge in [0, 0.05) is 21.8 Å². The SMILES string of the molecule is CC(=O)c1ccc(NC(=O)C(C)(C)C)c(NC(=O)C(C)(C)C)c1NC(=O)C(C)(C)C. The minimum absolute atomic E-state index is 0.173. The highest BCUT2D eigenvalue weighted by molar-refractivity contribution is 6.14. The number of ketones is 1. The van der Waals surface area contributed by atoms with Crippen molar-refractivity contribution in [3.8, 4) is 0 Å². The predicted octanol–water partition coefficient (Wildman–Crippen LogP) is 4.84. The fraction of sp³-hybridized carbons (Fsp3) is 0.565. The molecule has 1 aromatic carbocycles. The summed E-state index contributed by atoms with van der Waals surface area (Å²) in [7, 11) is 0. The summed E-state index contributed by atoms with van der Waals surface area (Å²) in [4.78, 5) is 50.4. The molecule has 3 amide bonds. The van der Waals surface area contributed by atoms with E-state index >= 15 is 0 Å². The first-order valence-electron chi connectivity index (χ1n) is 9.98. The molecule has 0 radical (unpaired) electrons. The van der Waals surface area contributed by atoms with Gasteiger partial charge in [0.25, 0.3) is 0 Å². The number of Topliss-reactive ketones (excluding diaryl/α,β-unsaturated/α-hetero) is 1. The van der Waals surface area contributed by atoms with Crippen LogP contribution in [0.15, 0.2) is 12.1 Å². The lowest BCUT2D eigenvalue weighted by atomic mass is 9.93. The minimum atomic E-state index is -0.733. The summed E-state index contributed by atoms with van der Waals surface area (Å²) in [5.74, 6) is -1.19. The molecule has 0 aromatic heterocycles. The Morgan fingerprint density at radius 2 is 0.967 bits per heavy atom. The Balaban J connectivity index is 3.71. The molecule has 0 saturated carbocycles. The third-order valence-corrected chi connectivity index (χ3v) is 4.35. The maximum Gasteiger partial charge on any atom is 0.229 e. The molecule has 166 valence electrons. The van der Waals surface area contributed by atoms with Crippen molar-refractivity contribution in [2.45, 2.75) is 69.2 Å². The molecule has 0 bridgehead atoms. The zero-order valence-corrected chi connectivity index (χ0v) is 19.8. The first kappa shape index (κ1) is 25.3. The third kappa shape index (κ3) is 6.40. The normalized spacial score (nSPS) is 12.2. The molecule has 7 nitrogen and oxygen atoms in total. The maximum atomic E-state index is 12.8. The highest BCUT2D eigenvalue weighted by Gasteiger charge is 2.30. The topological polar surface area (TPSA) is 104 Å². The van der Waals surface area contributed by atoms with Crippen molar-refractivity contribution in [3.63, 3.8) is 0 Å². The number of amides is 3. The van der Waals surface area contributed by atoms with Crippen LogP contribution in [-0.4, -0.2) is 23.5 Å². The van der Waals surface area contributed by atoms with E-state index in [0.717, 1.165) is 0 Å². The van der Waals surface area contributed by atoms with Gasteiger partial charge in [-0.2, -0.15) is 0 Å². The Bertz CT molecular complexity index is 866. The second-order valence-corrected chi connectivity index (χ2v) is 10.6. The van der Waals surface area contributed by atoms with Gasteiger partial charge in [0.15, 0.2) is 5.78 Å². The Hall–Kier alpha value is -2.70. The van der Waals surface area contributed by atoms with Gasteiger partial charge in [0.2, 0.25) is 17.7 Å². The van der Waals surface area contributed by atoms with Crippen molar-refractivity contribution >= 4 is 40.6 Å². The molecule has 0 heterocycles. The van der Waals surface area contributed by atoms with Gasteiger partial charge in [-0.05, 0) is 19.1 Å². The lowest BCUT2D eigenvalue weighted by molar-refractivity contribution is -0.124. The molecule has 0 fully saturated rings. The van der Waals surface area contributed by atoms with Crippen LogP contribution in [0.5, 0.6) is 0 Å². The van der Waals surface area contributed by atoms with Crippen molar-refractivity contribution in [2.75, 3.05) is 16.0 Å². The molecule has 0 unspecified atom stereocenters. The number of benzene rings is 1. The van der Waals surface area contributed by atoms with Crippen LogP contribution in [-0.2, 0) is 14.4 Å². The standard InChI is InChI=1S/C23H35N3O4/c1-13(27)14-11-12-15(24-18(28)21(2,3)4)17(26-20(30)23(8,9)10)16(14)25-19(29)22(5,6)7/h11-12H,1-10H3,(H,24,28)(H,25,29)(H,26,30). The van der Waals surface area contributed by atoms with Gasteiger partial charge in [0.1, 0.15) is 0 Å². The average Bonchev–Trinajstić information content (AvgIpc) is 2.54. The largest absolute Gasteiger partial charge is 0.324 e. The minimum Gasteiger partial charge on any atom is -0.324 e. The summed E-state index contributed by atoms with van der Waals surface area (Å²) in [5, 5.41) is 8.40. The van der Waals surface area contributed by atoms with Crippen LogP contribution in [0.2, 0.25) is 0 Å². The second kappa shape index (κ2) is 8.58. The van der Waals surface area contributed by atoms with Crippen molar-refractivity contribution in [2.24, 2.45) is 16.2 Å². The second-order valence-electron chi connectivity index (χ2n) is 10.6. The molecule has 0 atom stereocenters. The molecule has 30 heavy (non-hydrogen) atoms. The number of carbonyl (C=O) groups is 4. The molecule has 0 aliphatic rings. The highest BCUT2D eigenvalue weighted by atomic mass is 16.2. The monoisotopic (exact) mass is 417 g/mol. The van der Waals surface area contributed by atoms with Crippen LogP contribution in [0.3, 0.4) is 0 Å². The first-order chi connectivity index (χ1) is 13.4. The average molecular weight is 418 g/mol. The zero-order chi connectivity index (χ0) is 23.7. The zero-order valence-electron chi connectivity index (χ0n) is 19.8. The van der Waals surface area contributed by atoms with Crippen molar-refractivity contribution < 1.29 is 19.2 Å². The molecule has 3 N–H and O–H groups in total. The molecule has 0 aliphatic heterocycles. The molecule has 0 aliphatic carbocycles. The molecule has 1 aromatic rings. The number of rotatable bonds is 4. The maximum absolute atomic E-state index is 12.8. The molecule has 1 rings (SSSR count). The summed E-state index contributed by atoms with van der Waals surface area (Å²) in [6.07, 6.45) is 0. The van der Waals surface area contributed by atoms with Gasteiger partial charge < -0.3 is 16.0 Å². The summed E-state index contributed by atoms with van der Waals surface area (Å²) in [5.41, 5.74) is -1.23. The Morgan fingerprint density at radius 1 is 0.600 bits per heavy atom. The first-order valence-corrected chi connectivity index (χ1v) is 9.98. The number of anilines is 3. The lowest BCUT2D eigenvalue weighted by Crippen LogP contribution is -2.32. The van der Waals surface area contributed by atoms with Gasteiger partial charge in [0.05, 0.1) is 17.1 Å². The number of hydrogen-bond acceptors (Lipinski definition) is 4. The van der Waals surface area contributed by atoms with E-state index < -0.39 is 16.2 Å². The van der Waals surface area contributed by atoms with Crippen molar-refractivity contribution in [1.29, 1.82) is 0 Å². The van der Waals surface area contributed by atoms with Gasteiger partial charge in [-0.1, -0.05) is 62.3 Å². The van der Waals surface area contributed by atoms with E-state index in [1.807, 2.05) is 0 Å². The molecule has 0 saturated heterocycles.